The van der Waals surface area contributed by atoms with Gasteiger partial charge in [0.25, 0.3) is 5.91 Å². The number of hydrogen-bond acceptors (Lipinski definition) is 5. The minimum atomic E-state index is -0.229. The lowest BCUT2D eigenvalue weighted by molar-refractivity contribution is 0.0746. The van der Waals surface area contributed by atoms with Crippen molar-refractivity contribution in [3.63, 3.8) is 0 Å². The molecule has 1 N–H and O–H groups in total. The van der Waals surface area contributed by atoms with E-state index in [0.717, 1.165) is 17.1 Å². The van der Waals surface area contributed by atoms with E-state index in [1.807, 2.05) is 47.9 Å². The number of anilines is 3. The monoisotopic (exact) mass is 405 g/mol. The van der Waals surface area contributed by atoms with Crippen LogP contribution in [0.2, 0.25) is 0 Å². The first-order valence-electron chi connectivity index (χ1n) is 9.98. The third-order valence-corrected chi connectivity index (χ3v) is 5.13. The maximum absolute atomic E-state index is 14.0. The number of rotatable bonds is 4. The van der Waals surface area contributed by atoms with E-state index in [4.69, 9.17) is 0 Å². The SMILES string of the molecule is Cc1cc(C)nc(Nc2ccc(C(=O)N3CCN(c4ccccc4F)CC3)cc2)n1. The summed E-state index contributed by atoms with van der Waals surface area (Å²) < 4.78 is 14.0. The fraction of sp³-hybridized carbons (Fsp3) is 0.261. The van der Waals surface area contributed by atoms with Crippen LogP contribution in [0.15, 0.2) is 54.6 Å². The standard InChI is InChI=1S/C23H24FN5O/c1-16-15-17(2)26-23(25-16)27-19-9-7-18(8-10-19)22(30)29-13-11-28(12-14-29)21-6-4-3-5-20(21)24/h3-10,15H,11-14H2,1-2H3,(H,25,26,27). The van der Waals surface area contributed by atoms with Gasteiger partial charge in [0, 0.05) is 48.8 Å². The van der Waals surface area contributed by atoms with Gasteiger partial charge in [-0.25, -0.2) is 14.4 Å². The molecule has 1 aromatic heterocycles. The van der Waals surface area contributed by atoms with Gasteiger partial charge < -0.3 is 15.1 Å². The van der Waals surface area contributed by atoms with Gasteiger partial charge in [-0.3, -0.25) is 4.79 Å². The molecule has 154 valence electrons. The van der Waals surface area contributed by atoms with Gasteiger partial charge in [0.15, 0.2) is 0 Å². The Kier molecular flexibility index (Phi) is 5.61. The van der Waals surface area contributed by atoms with Gasteiger partial charge in [0.1, 0.15) is 5.82 Å². The molecular formula is C23H24FN5O. The summed E-state index contributed by atoms with van der Waals surface area (Å²) in [6.07, 6.45) is 0. The van der Waals surface area contributed by atoms with Gasteiger partial charge in [0.05, 0.1) is 5.69 Å². The maximum atomic E-state index is 14.0. The van der Waals surface area contributed by atoms with Crippen LogP contribution >= 0.6 is 0 Å². The Morgan fingerprint density at radius 2 is 1.57 bits per heavy atom. The Bertz CT molecular complexity index is 1030. The van der Waals surface area contributed by atoms with E-state index in [0.29, 0.717) is 43.4 Å². The molecule has 1 aliphatic heterocycles. The molecule has 4 rings (SSSR count). The molecule has 0 aliphatic carbocycles. The van der Waals surface area contributed by atoms with Gasteiger partial charge in [-0.2, -0.15) is 0 Å². The van der Waals surface area contributed by atoms with E-state index < -0.39 is 0 Å². The average molecular weight is 405 g/mol. The number of nitrogens with zero attached hydrogens (tertiary/aromatic N) is 4. The Balaban J connectivity index is 1.38. The highest BCUT2D eigenvalue weighted by Gasteiger charge is 2.23. The van der Waals surface area contributed by atoms with Crippen molar-refractivity contribution in [3.8, 4) is 0 Å². The van der Waals surface area contributed by atoms with E-state index in [1.54, 1.807) is 24.3 Å². The first-order chi connectivity index (χ1) is 14.5. The fourth-order valence-electron chi connectivity index (χ4n) is 3.65. The van der Waals surface area contributed by atoms with Crippen molar-refractivity contribution < 1.29 is 9.18 Å². The van der Waals surface area contributed by atoms with Crippen molar-refractivity contribution in [1.82, 2.24) is 14.9 Å². The van der Waals surface area contributed by atoms with Crippen molar-refractivity contribution in [2.75, 3.05) is 36.4 Å². The maximum Gasteiger partial charge on any atom is 0.253 e. The second-order valence-electron chi connectivity index (χ2n) is 7.41. The van der Waals surface area contributed by atoms with Crippen LogP contribution in [-0.4, -0.2) is 47.0 Å². The number of carbonyl (C=O) groups is 1. The van der Waals surface area contributed by atoms with Crippen LogP contribution in [0.25, 0.3) is 0 Å². The van der Waals surface area contributed by atoms with E-state index in [-0.39, 0.29) is 11.7 Å². The minimum absolute atomic E-state index is 0.0163. The fourth-order valence-corrected chi connectivity index (χ4v) is 3.65. The lowest BCUT2D eigenvalue weighted by Crippen LogP contribution is -2.49. The zero-order chi connectivity index (χ0) is 21.1. The molecule has 2 aromatic carbocycles. The van der Waals surface area contributed by atoms with E-state index in [1.165, 1.54) is 6.07 Å². The van der Waals surface area contributed by atoms with E-state index >= 15 is 0 Å². The summed E-state index contributed by atoms with van der Waals surface area (Å²) in [5.74, 6) is 0.293. The molecule has 0 spiro atoms. The first kappa shape index (κ1) is 19.8. The van der Waals surface area contributed by atoms with Gasteiger partial charge in [-0.1, -0.05) is 12.1 Å². The largest absolute Gasteiger partial charge is 0.366 e. The second-order valence-corrected chi connectivity index (χ2v) is 7.41. The van der Waals surface area contributed by atoms with E-state index in [2.05, 4.69) is 15.3 Å². The molecule has 7 heteroatoms. The number of halogens is 1. The third-order valence-electron chi connectivity index (χ3n) is 5.13. The number of hydrogen-bond donors (Lipinski definition) is 1. The number of nitrogens with one attached hydrogen (secondary N) is 1. The number of aromatic nitrogens is 2. The predicted octanol–water partition coefficient (Wildman–Crippen LogP) is 3.94. The number of piperazine rings is 1. The lowest BCUT2D eigenvalue weighted by atomic mass is 10.1. The molecule has 0 unspecified atom stereocenters. The molecule has 1 saturated heterocycles. The Morgan fingerprint density at radius 3 is 2.20 bits per heavy atom. The summed E-state index contributed by atoms with van der Waals surface area (Å²) in [6.45, 7) is 6.18. The smallest absolute Gasteiger partial charge is 0.253 e. The van der Waals surface area contributed by atoms with Crippen LogP contribution in [0.1, 0.15) is 21.7 Å². The number of benzene rings is 2. The van der Waals surface area contributed by atoms with Crippen LogP contribution in [-0.2, 0) is 0 Å². The highest BCUT2D eigenvalue weighted by Crippen LogP contribution is 2.21. The van der Waals surface area contributed by atoms with Crippen LogP contribution in [0.3, 0.4) is 0 Å². The normalized spacial score (nSPS) is 14.0. The van der Waals surface area contributed by atoms with Gasteiger partial charge in [-0.15, -0.1) is 0 Å². The summed E-state index contributed by atoms with van der Waals surface area (Å²) in [7, 11) is 0. The van der Waals surface area contributed by atoms with Gasteiger partial charge in [0.2, 0.25) is 5.95 Å². The summed E-state index contributed by atoms with van der Waals surface area (Å²) >= 11 is 0. The molecule has 1 amide bonds. The second kappa shape index (κ2) is 8.49. The molecule has 1 aliphatic rings. The van der Waals surface area contributed by atoms with Crippen LogP contribution in [0.5, 0.6) is 0 Å². The van der Waals surface area contributed by atoms with Crippen molar-refractivity contribution >= 4 is 23.2 Å². The summed E-state index contributed by atoms with van der Waals surface area (Å²) in [4.78, 5) is 25.4. The number of aryl methyl sites for hydroxylation is 2. The predicted molar refractivity (Wildman–Crippen MR) is 116 cm³/mol. The third kappa shape index (κ3) is 4.40. The average Bonchev–Trinajstić information content (AvgIpc) is 2.74. The van der Waals surface area contributed by atoms with Crippen molar-refractivity contribution in [2.45, 2.75) is 13.8 Å². The van der Waals surface area contributed by atoms with Crippen LogP contribution in [0, 0.1) is 19.7 Å². The zero-order valence-electron chi connectivity index (χ0n) is 17.1. The molecule has 6 nitrogen and oxygen atoms in total. The summed E-state index contributed by atoms with van der Waals surface area (Å²) in [6, 6.07) is 16.0. The Morgan fingerprint density at radius 1 is 0.933 bits per heavy atom. The summed E-state index contributed by atoms with van der Waals surface area (Å²) in [5, 5.41) is 3.17. The molecular weight excluding hydrogens is 381 g/mol. The molecule has 0 atom stereocenters. The van der Waals surface area contributed by atoms with Gasteiger partial charge >= 0.3 is 0 Å². The number of para-hydroxylation sites is 1. The quantitative estimate of drug-likeness (QED) is 0.713. The minimum Gasteiger partial charge on any atom is -0.366 e. The van der Waals surface area contributed by atoms with E-state index in [9.17, 15) is 9.18 Å². The zero-order valence-corrected chi connectivity index (χ0v) is 17.1. The Labute approximate surface area is 175 Å². The molecule has 3 aromatic rings. The van der Waals surface area contributed by atoms with Gasteiger partial charge in [-0.05, 0) is 56.3 Å². The molecule has 0 bridgehead atoms. The lowest BCUT2D eigenvalue weighted by Gasteiger charge is -2.36. The first-order valence-corrected chi connectivity index (χ1v) is 9.98. The molecule has 2 heterocycles. The van der Waals surface area contributed by atoms with Crippen molar-refractivity contribution in [3.05, 3.63) is 77.4 Å². The number of amides is 1. The topological polar surface area (TPSA) is 61.4 Å². The molecule has 0 saturated carbocycles. The molecule has 30 heavy (non-hydrogen) atoms. The highest BCUT2D eigenvalue weighted by atomic mass is 19.1. The Hall–Kier alpha value is -3.48. The molecule has 0 radical (unpaired) electrons. The van der Waals surface area contributed by atoms with Crippen LogP contribution in [0.4, 0.5) is 21.7 Å². The highest BCUT2D eigenvalue weighted by molar-refractivity contribution is 5.94. The molecule has 1 fully saturated rings. The van der Waals surface area contributed by atoms with Crippen molar-refractivity contribution in [2.24, 2.45) is 0 Å². The summed E-state index contributed by atoms with van der Waals surface area (Å²) in [5.41, 5.74) is 3.83. The van der Waals surface area contributed by atoms with Crippen molar-refractivity contribution in [1.29, 1.82) is 0 Å². The number of carbonyl (C=O) groups excluding carboxylic acids is 1. The van der Waals surface area contributed by atoms with Crippen LogP contribution < -0.4 is 10.2 Å².